The lowest BCUT2D eigenvalue weighted by Gasteiger charge is -2.30. The summed E-state index contributed by atoms with van der Waals surface area (Å²) in [6, 6.07) is 1.20. The minimum absolute atomic E-state index is 0.0453. The second-order valence-electron chi connectivity index (χ2n) is 5.10. The first-order chi connectivity index (χ1) is 8.24. The third-order valence-corrected chi connectivity index (χ3v) is 3.94. The second kappa shape index (κ2) is 5.83. The molecule has 0 saturated carbocycles. The largest absolute Gasteiger partial charge is 0.465 e. The SMILES string of the molecule is CCOC(=O)C(CC)N1CCC2CCC(C1)N2. The van der Waals surface area contributed by atoms with Crippen molar-refractivity contribution in [3.8, 4) is 0 Å². The first kappa shape index (κ1) is 12.8. The Labute approximate surface area is 104 Å². The summed E-state index contributed by atoms with van der Waals surface area (Å²) in [4.78, 5) is 14.2. The van der Waals surface area contributed by atoms with Gasteiger partial charge in [-0.15, -0.1) is 0 Å². The lowest BCUT2D eigenvalue weighted by Crippen LogP contribution is -2.46. The molecule has 2 heterocycles. The van der Waals surface area contributed by atoms with Crippen LogP contribution in [0.25, 0.3) is 0 Å². The molecule has 2 bridgehead atoms. The molecule has 98 valence electrons. The van der Waals surface area contributed by atoms with E-state index in [9.17, 15) is 4.79 Å². The molecule has 0 radical (unpaired) electrons. The van der Waals surface area contributed by atoms with E-state index in [0.717, 1.165) is 25.9 Å². The maximum absolute atomic E-state index is 11.9. The summed E-state index contributed by atoms with van der Waals surface area (Å²) in [5.74, 6) is -0.0484. The Morgan fingerprint density at radius 3 is 2.82 bits per heavy atom. The van der Waals surface area contributed by atoms with Gasteiger partial charge in [0.2, 0.25) is 0 Å². The molecule has 4 heteroatoms. The van der Waals surface area contributed by atoms with Crippen molar-refractivity contribution in [2.75, 3.05) is 19.7 Å². The predicted octanol–water partition coefficient (Wildman–Crippen LogP) is 1.15. The van der Waals surface area contributed by atoms with E-state index < -0.39 is 0 Å². The maximum Gasteiger partial charge on any atom is 0.323 e. The monoisotopic (exact) mass is 240 g/mol. The number of likely N-dealkylation sites (tertiary alicyclic amines) is 1. The highest BCUT2D eigenvalue weighted by molar-refractivity contribution is 5.75. The third kappa shape index (κ3) is 2.99. The van der Waals surface area contributed by atoms with Crippen LogP contribution in [0.15, 0.2) is 0 Å². The highest BCUT2D eigenvalue weighted by Crippen LogP contribution is 2.22. The molecular formula is C13H24N2O2. The van der Waals surface area contributed by atoms with Gasteiger partial charge in [0.25, 0.3) is 0 Å². The molecule has 2 fully saturated rings. The summed E-state index contributed by atoms with van der Waals surface area (Å²) < 4.78 is 5.17. The van der Waals surface area contributed by atoms with Gasteiger partial charge < -0.3 is 10.1 Å². The van der Waals surface area contributed by atoms with Crippen LogP contribution in [0, 0.1) is 0 Å². The second-order valence-corrected chi connectivity index (χ2v) is 5.10. The number of fused-ring (bicyclic) bond motifs is 2. The molecule has 0 spiro atoms. The van der Waals surface area contributed by atoms with Crippen LogP contribution in [-0.2, 0) is 9.53 Å². The lowest BCUT2D eigenvalue weighted by atomic mass is 10.1. The van der Waals surface area contributed by atoms with E-state index in [4.69, 9.17) is 4.74 Å². The number of rotatable bonds is 4. The number of hydrogen-bond acceptors (Lipinski definition) is 4. The maximum atomic E-state index is 11.9. The van der Waals surface area contributed by atoms with Crippen LogP contribution in [0.3, 0.4) is 0 Å². The number of nitrogens with zero attached hydrogens (tertiary/aromatic N) is 1. The van der Waals surface area contributed by atoms with Crippen molar-refractivity contribution in [3.63, 3.8) is 0 Å². The Bertz CT molecular complexity index is 270. The molecule has 0 aromatic carbocycles. The number of carbonyl (C=O) groups is 1. The molecule has 2 aliphatic rings. The van der Waals surface area contributed by atoms with Gasteiger partial charge in [0.1, 0.15) is 6.04 Å². The van der Waals surface area contributed by atoms with Crippen LogP contribution >= 0.6 is 0 Å². The molecule has 0 amide bonds. The third-order valence-electron chi connectivity index (χ3n) is 3.94. The molecule has 2 saturated heterocycles. The molecule has 17 heavy (non-hydrogen) atoms. The average molecular weight is 240 g/mol. The zero-order valence-corrected chi connectivity index (χ0v) is 10.9. The minimum atomic E-state index is -0.0484. The quantitative estimate of drug-likeness (QED) is 0.749. The minimum Gasteiger partial charge on any atom is -0.465 e. The van der Waals surface area contributed by atoms with Crippen molar-refractivity contribution in [1.82, 2.24) is 10.2 Å². The molecule has 3 atom stereocenters. The van der Waals surface area contributed by atoms with E-state index in [2.05, 4.69) is 17.1 Å². The van der Waals surface area contributed by atoms with E-state index in [-0.39, 0.29) is 12.0 Å². The summed E-state index contributed by atoms with van der Waals surface area (Å²) in [6.07, 6.45) is 4.55. The Hall–Kier alpha value is -0.610. The van der Waals surface area contributed by atoms with Gasteiger partial charge in [-0.3, -0.25) is 9.69 Å². The molecule has 4 nitrogen and oxygen atoms in total. The standard InChI is InChI=1S/C13H24N2O2/c1-3-12(13(16)17-4-2)15-8-7-10-5-6-11(9-15)14-10/h10-12,14H,3-9H2,1-2H3. The molecule has 2 aliphatic heterocycles. The first-order valence-electron chi connectivity index (χ1n) is 6.91. The van der Waals surface area contributed by atoms with Crippen LogP contribution in [0.5, 0.6) is 0 Å². The van der Waals surface area contributed by atoms with Crippen molar-refractivity contribution < 1.29 is 9.53 Å². The fraction of sp³-hybridized carbons (Fsp3) is 0.923. The summed E-state index contributed by atoms with van der Waals surface area (Å²) >= 11 is 0. The van der Waals surface area contributed by atoms with Crippen molar-refractivity contribution >= 4 is 5.97 Å². The molecule has 0 aromatic heterocycles. The Balaban J connectivity index is 1.96. The van der Waals surface area contributed by atoms with Crippen LogP contribution in [-0.4, -0.2) is 48.7 Å². The number of ether oxygens (including phenoxy) is 1. The normalized spacial score (nSPS) is 30.9. The molecule has 3 unspecified atom stereocenters. The van der Waals surface area contributed by atoms with Crippen molar-refractivity contribution in [2.24, 2.45) is 0 Å². The zero-order valence-electron chi connectivity index (χ0n) is 10.9. The van der Waals surface area contributed by atoms with Gasteiger partial charge in [-0.2, -0.15) is 0 Å². The van der Waals surface area contributed by atoms with Crippen molar-refractivity contribution in [1.29, 1.82) is 0 Å². The summed E-state index contributed by atoms with van der Waals surface area (Å²) in [7, 11) is 0. The summed E-state index contributed by atoms with van der Waals surface area (Å²) in [5, 5.41) is 3.64. The Morgan fingerprint density at radius 2 is 2.12 bits per heavy atom. The lowest BCUT2D eigenvalue weighted by molar-refractivity contribution is -0.149. The van der Waals surface area contributed by atoms with Gasteiger partial charge in [-0.25, -0.2) is 0 Å². The number of nitrogens with one attached hydrogen (secondary N) is 1. The molecule has 0 aromatic rings. The predicted molar refractivity (Wildman–Crippen MR) is 66.8 cm³/mol. The smallest absolute Gasteiger partial charge is 0.323 e. The molecule has 0 aliphatic carbocycles. The molecular weight excluding hydrogens is 216 g/mol. The van der Waals surface area contributed by atoms with Gasteiger partial charge in [-0.05, 0) is 32.6 Å². The first-order valence-corrected chi connectivity index (χ1v) is 6.91. The number of carbonyl (C=O) groups excluding carboxylic acids is 1. The highest BCUT2D eigenvalue weighted by Gasteiger charge is 2.34. The van der Waals surface area contributed by atoms with Gasteiger partial charge in [0.05, 0.1) is 6.61 Å². The zero-order chi connectivity index (χ0) is 12.3. The molecule has 2 rings (SSSR count). The number of hydrogen-bond donors (Lipinski definition) is 1. The van der Waals surface area contributed by atoms with E-state index in [1.807, 2.05) is 6.92 Å². The Morgan fingerprint density at radius 1 is 1.35 bits per heavy atom. The van der Waals surface area contributed by atoms with Crippen LogP contribution in [0.2, 0.25) is 0 Å². The van der Waals surface area contributed by atoms with Crippen LogP contribution in [0.4, 0.5) is 0 Å². The van der Waals surface area contributed by atoms with E-state index in [1.165, 1.54) is 12.8 Å². The van der Waals surface area contributed by atoms with Gasteiger partial charge in [0.15, 0.2) is 0 Å². The van der Waals surface area contributed by atoms with Crippen molar-refractivity contribution in [3.05, 3.63) is 0 Å². The topological polar surface area (TPSA) is 41.6 Å². The number of esters is 1. The van der Waals surface area contributed by atoms with Crippen molar-refractivity contribution in [2.45, 2.75) is 57.7 Å². The van der Waals surface area contributed by atoms with Crippen LogP contribution < -0.4 is 5.32 Å². The summed E-state index contributed by atoms with van der Waals surface area (Å²) in [5.41, 5.74) is 0. The van der Waals surface area contributed by atoms with E-state index >= 15 is 0 Å². The molecule has 1 N–H and O–H groups in total. The Kier molecular flexibility index (Phi) is 4.40. The van der Waals surface area contributed by atoms with E-state index in [0.29, 0.717) is 18.7 Å². The van der Waals surface area contributed by atoms with E-state index in [1.54, 1.807) is 0 Å². The summed E-state index contributed by atoms with van der Waals surface area (Å²) in [6.45, 7) is 6.43. The van der Waals surface area contributed by atoms with Gasteiger partial charge >= 0.3 is 5.97 Å². The highest BCUT2D eigenvalue weighted by atomic mass is 16.5. The van der Waals surface area contributed by atoms with Gasteiger partial charge in [0, 0.05) is 25.2 Å². The van der Waals surface area contributed by atoms with Gasteiger partial charge in [-0.1, -0.05) is 6.92 Å². The van der Waals surface area contributed by atoms with Crippen LogP contribution in [0.1, 0.15) is 39.5 Å². The fourth-order valence-corrected chi connectivity index (χ4v) is 3.07. The average Bonchev–Trinajstić information content (AvgIpc) is 2.63. The fourth-order valence-electron chi connectivity index (χ4n) is 3.07.